The molecule has 0 saturated carbocycles. The number of carbonyl (C=O) groups is 2. The molecule has 0 spiro atoms. The van der Waals surface area contributed by atoms with E-state index in [0.717, 1.165) is 24.3 Å². The van der Waals surface area contributed by atoms with Gasteiger partial charge < -0.3 is 16.2 Å². The van der Waals surface area contributed by atoms with Gasteiger partial charge in [-0.25, -0.2) is 13.2 Å². The Kier molecular flexibility index (Phi) is 9.94. The molecule has 0 heterocycles. The van der Waals surface area contributed by atoms with E-state index in [0.29, 0.717) is 16.7 Å². The summed E-state index contributed by atoms with van der Waals surface area (Å²) in [7, 11) is 0. The van der Waals surface area contributed by atoms with Crippen LogP contribution in [0.5, 0.6) is 0 Å². The molecule has 2 amide bonds. The van der Waals surface area contributed by atoms with Crippen LogP contribution >= 0.6 is 0 Å². The number of rotatable bonds is 11. The summed E-state index contributed by atoms with van der Waals surface area (Å²) in [6.07, 6.45) is 3.18. The lowest BCUT2D eigenvalue weighted by Crippen LogP contribution is -2.41. The van der Waals surface area contributed by atoms with Gasteiger partial charge in [0.1, 0.15) is 17.5 Å². The zero-order valence-corrected chi connectivity index (χ0v) is 21.2. The highest BCUT2D eigenvalue weighted by atomic mass is 19.1. The summed E-state index contributed by atoms with van der Waals surface area (Å²) in [5.74, 6) is -4.90. The van der Waals surface area contributed by atoms with Crippen molar-refractivity contribution in [3.05, 3.63) is 124 Å². The highest BCUT2D eigenvalue weighted by Gasteiger charge is 2.27. The van der Waals surface area contributed by atoms with Crippen LogP contribution in [0, 0.1) is 17.5 Å². The number of allylic oxidation sites excluding steroid dienone is 3. The minimum absolute atomic E-state index is 0.105. The highest BCUT2D eigenvalue weighted by Crippen LogP contribution is 2.28. The fourth-order valence-electron chi connectivity index (χ4n) is 4.24. The monoisotopic (exact) mass is 535 g/mol. The molecule has 9 heteroatoms. The molecule has 0 aliphatic rings. The number of hydrogen-bond donors (Lipinski definition) is 3. The Morgan fingerprint density at radius 3 is 2.28 bits per heavy atom. The second-order valence-corrected chi connectivity index (χ2v) is 8.70. The van der Waals surface area contributed by atoms with Gasteiger partial charge in [-0.3, -0.25) is 14.6 Å². The predicted octanol–water partition coefficient (Wildman–Crippen LogP) is 4.69. The quantitative estimate of drug-likeness (QED) is 0.245. The Hall–Kier alpha value is -4.50. The van der Waals surface area contributed by atoms with Crippen molar-refractivity contribution in [1.82, 2.24) is 5.32 Å². The number of primary amides is 1. The first-order valence-electron chi connectivity index (χ1n) is 12.0. The third kappa shape index (κ3) is 7.30. The Balaban J connectivity index is 2.17. The number of amides is 2. The molecule has 0 radical (unpaired) electrons. The van der Waals surface area contributed by atoms with E-state index in [1.807, 2.05) is 0 Å². The Bertz CT molecular complexity index is 1400. The van der Waals surface area contributed by atoms with Crippen LogP contribution in [0.1, 0.15) is 39.9 Å². The van der Waals surface area contributed by atoms with Gasteiger partial charge in [0, 0.05) is 11.6 Å². The lowest BCUT2D eigenvalue weighted by Gasteiger charge is -2.25. The Morgan fingerprint density at radius 1 is 1.05 bits per heavy atom. The van der Waals surface area contributed by atoms with E-state index in [1.54, 1.807) is 49.4 Å². The van der Waals surface area contributed by atoms with Crippen LogP contribution in [0.15, 0.2) is 89.6 Å². The smallest absolute Gasteiger partial charge is 0.251 e. The molecule has 2 unspecified atom stereocenters. The van der Waals surface area contributed by atoms with E-state index in [9.17, 15) is 27.9 Å². The van der Waals surface area contributed by atoms with Gasteiger partial charge in [-0.1, -0.05) is 48.6 Å². The van der Waals surface area contributed by atoms with Gasteiger partial charge in [-0.2, -0.15) is 0 Å². The average molecular weight is 536 g/mol. The molecular weight excluding hydrogens is 507 g/mol. The zero-order valence-electron chi connectivity index (χ0n) is 21.2. The topological polar surface area (TPSA) is 105 Å². The fourth-order valence-corrected chi connectivity index (χ4v) is 4.24. The minimum atomic E-state index is -0.998. The van der Waals surface area contributed by atoms with Gasteiger partial charge in [-0.05, 0) is 61.0 Å². The molecule has 0 saturated heterocycles. The maximum atomic E-state index is 14.2. The molecule has 0 aromatic heterocycles. The average Bonchev–Trinajstić information content (AvgIpc) is 2.89. The van der Waals surface area contributed by atoms with Gasteiger partial charge in [0.15, 0.2) is 0 Å². The lowest BCUT2D eigenvalue weighted by molar-refractivity contribution is -0.123. The Morgan fingerprint density at radius 2 is 1.72 bits per heavy atom. The maximum Gasteiger partial charge on any atom is 0.251 e. The second-order valence-electron chi connectivity index (χ2n) is 8.70. The molecule has 2 atom stereocenters. The summed E-state index contributed by atoms with van der Waals surface area (Å²) in [5, 5.41) is 12.8. The Labute approximate surface area is 224 Å². The summed E-state index contributed by atoms with van der Waals surface area (Å²) in [6, 6.07) is 14.3. The van der Waals surface area contributed by atoms with Crippen molar-refractivity contribution >= 4 is 24.1 Å². The van der Waals surface area contributed by atoms with Crippen molar-refractivity contribution < 1.29 is 27.9 Å². The summed E-state index contributed by atoms with van der Waals surface area (Å²) in [4.78, 5) is 29.3. The largest absolute Gasteiger partial charge is 0.395 e. The minimum Gasteiger partial charge on any atom is -0.395 e. The number of nitrogens with one attached hydrogen (secondary N) is 1. The number of aliphatic hydroxyl groups excluding tert-OH is 1. The standard InChI is InChI=1S/C30H28F3N3O3/c1-3-7-23(20-10-11-26(33)24(15-20)29(34)38)28(35-2)27(14-18-12-21(31)16-22(32)13-18)36-30(39)25(17-37)19-8-5-4-6-9-19/h3-13,15-16,25,27,37H,2,14,17H2,1H3,(H2,34,38)(H,36,39). The van der Waals surface area contributed by atoms with Gasteiger partial charge in [-0.15, -0.1) is 0 Å². The molecular formula is C30H28F3N3O3. The first-order valence-corrected chi connectivity index (χ1v) is 12.0. The lowest BCUT2D eigenvalue weighted by atomic mass is 9.93. The summed E-state index contributed by atoms with van der Waals surface area (Å²) >= 11 is 0. The van der Waals surface area contributed by atoms with Gasteiger partial charge in [0.05, 0.1) is 29.8 Å². The highest BCUT2D eigenvalue weighted by molar-refractivity contribution is 5.94. The normalized spacial score (nSPS) is 13.5. The maximum absolute atomic E-state index is 14.2. The number of aliphatic hydroxyl groups is 1. The van der Waals surface area contributed by atoms with E-state index in [4.69, 9.17) is 5.73 Å². The summed E-state index contributed by atoms with van der Waals surface area (Å²) in [5.41, 5.74) is 6.63. The number of nitrogens with zero attached hydrogens (tertiary/aromatic N) is 1. The number of halogens is 3. The van der Waals surface area contributed by atoms with E-state index in [2.05, 4.69) is 17.0 Å². The van der Waals surface area contributed by atoms with Crippen LogP contribution in [0.4, 0.5) is 13.2 Å². The number of hydrogen-bond acceptors (Lipinski definition) is 4. The van der Waals surface area contributed by atoms with Gasteiger partial charge >= 0.3 is 0 Å². The molecule has 0 aliphatic heterocycles. The second kappa shape index (κ2) is 13.3. The molecule has 0 fully saturated rings. The van der Waals surface area contributed by atoms with E-state index < -0.39 is 47.8 Å². The number of carbonyl (C=O) groups excluding carboxylic acids is 2. The van der Waals surface area contributed by atoms with Crippen LogP contribution < -0.4 is 11.1 Å². The molecule has 202 valence electrons. The van der Waals surface area contributed by atoms with Crippen LogP contribution in [-0.4, -0.2) is 36.3 Å². The number of benzene rings is 3. The molecule has 3 aromatic rings. The van der Waals surface area contributed by atoms with Crippen molar-refractivity contribution in [2.45, 2.75) is 25.3 Å². The van der Waals surface area contributed by atoms with Crippen molar-refractivity contribution in [3.63, 3.8) is 0 Å². The van der Waals surface area contributed by atoms with Crippen LogP contribution in [0.3, 0.4) is 0 Å². The van der Waals surface area contributed by atoms with E-state index in [-0.39, 0.29) is 23.2 Å². The van der Waals surface area contributed by atoms with Gasteiger partial charge in [0.25, 0.3) is 5.91 Å². The molecule has 0 aliphatic carbocycles. The first kappa shape index (κ1) is 29.1. The van der Waals surface area contributed by atoms with Gasteiger partial charge in [0.2, 0.25) is 5.91 Å². The van der Waals surface area contributed by atoms with E-state index in [1.165, 1.54) is 12.1 Å². The van der Waals surface area contributed by atoms with Crippen LogP contribution in [-0.2, 0) is 11.2 Å². The zero-order chi connectivity index (χ0) is 28.5. The molecule has 3 aromatic carbocycles. The third-order valence-electron chi connectivity index (χ3n) is 6.03. The molecule has 3 rings (SSSR count). The van der Waals surface area contributed by atoms with Crippen LogP contribution in [0.25, 0.3) is 5.57 Å². The van der Waals surface area contributed by atoms with E-state index >= 15 is 0 Å². The van der Waals surface area contributed by atoms with Crippen molar-refractivity contribution in [3.8, 4) is 0 Å². The molecule has 4 N–H and O–H groups in total. The van der Waals surface area contributed by atoms with Crippen molar-refractivity contribution in [2.75, 3.05) is 6.61 Å². The SMILES string of the molecule is C=NC(=C(C=CC)c1ccc(F)c(C(N)=O)c1)C(Cc1cc(F)cc(F)c1)NC(=O)C(CO)c1ccccc1. The van der Waals surface area contributed by atoms with Crippen LogP contribution in [0.2, 0.25) is 0 Å². The fraction of sp³-hybridized carbons (Fsp3) is 0.167. The van der Waals surface area contributed by atoms with Crippen molar-refractivity contribution in [2.24, 2.45) is 10.7 Å². The molecule has 0 bridgehead atoms. The third-order valence-corrected chi connectivity index (χ3v) is 6.03. The first-order chi connectivity index (χ1) is 18.7. The predicted molar refractivity (Wildman–Crippen MR) is 144 cm³/mol. The van der Waals surface area contributed by atoms with Crippen molar-refractivity contribution in [1.29, 1.82) is 0 Å². The number of aliphatic imine (C=N–C) groups is 1. The summed E-state index contributed by atoms with van der Waals surface area (Å²) < 4.78 is 42.3. The molecule has 39 heavy (non-hydrogen) atoms. The summed E-state index contributed by atoms with van der Waals surface area (Å²) in [6.45, 7) is 4.85. The molecule has 6 nitrogen and oxygen atoms in total. The number of nitrogens with two attached hydrogens (primary N) is 1.